The minimum absolute atomic E-state index is 0.213. The van der Waals surface area contributed by atoms with Crippen LogP contribution in [-0.4, -0.2) is 36.6 Å². The number of rotatable bonds is 6. The van der Waals surface area contributed by atoms with Gasteiger partial charge in [-0.15, -0.1) is 0 Å². The van der Waals surface area contributed by atoms with Gasteiger partial charge in [0.2, 0.25) is 0 Å². The zero-order valence-corrected chi connectivity index (χ0v) is 8.81. The molecule has 0 aliphatic heterocycles. The molecule has 0 radical (unpaired) electrons. The van der Waals surface area contributed by atoms with E-state index in [4.69, 9.17) is 14.9 Å². The Morgan fingerprint density at radius 3 is 2.53 bits per heavy atom. The molecule has 0 aromatic heterocycles. The summed E-state index contributed by atoms with van der Waals surface area (Å²) in [4.78, 5) is 0. The largest absolute Gasteiger partial charge is 0.497 e. The Labute approximate surface area is 89.5 Å². The molecule has 0 heterocycles. The predicted octanol–water partition coefficient (Wildman–Crippen LogP) is 0.138. The van der Waals surface area contributed by atoms with Gasteiger partial charge < -0.3 is 20.3 Å². The monoisotopic (exact) mass is 211 g/mol. The van der Waals surface area contributed by atoms with Gasteiger partial charge in [-0.2, -0.15) is 0 Å². The van der Waals surface area contributed by atoms with E-state index in [2.05, 4.69) is 5.32 Å². The molecular formula is C11H17NO3. The average Bonchev–Trinajstić information content (AvgIpc) is 2.29. The summed E-state index contributed by atoms with van der Waals surface area (Å²) < 4.78 is 5.04. The lowest BCUT2D eigenvalue weighted by atomic mass is 10.2. The topological polar surface area (TPSA) is 61.7 Å². The molecule has 15 heavy (non-hydrogen) atoms. The smallest absolute Gasteiger partial charge is 0.118 e. The van der Waals surface area contributed by atoms with E-state index in [1.165, 1.54) is 0 Å². The van der Waals surface area contributed by atoms with Crippen molar-refractivity contribution in [3.63, 3.8) is 0 Å². The van der Waals surface area contributed by atoms with Crippen molar-refractivity contribution in [3.05, 3.63) is 29.8 Å². The van der Waals surface area contributed by atoms with Crippen LogP contribution in [0.4, 0.5) is 0 Å². The van der Waals surface area contributed by atoms with Gasteiger partial charge in [0, 0.05) is 13.1 Å². The highest BCUT2D eigenvalue weighted by Crippen LogP contribution is 2.10. The molecule has 0 unspecified atom stereocenters. The molecule has 0 bridgehead atoms. The second-order valence-corrected chi connectivity index (χ2v) is 3.32. The highest BCUT2D eigenvalue weighted by atomic mass is 16.5. The van der Waals surface area contributed by atoms with E-state index < -0.39 is 6.10 Å². The number of hydrogen-bond acceptors (Lipinski definition) is 4. The van der Waals surface area contributed by atoms with Gasteiger partial charge in [0.25, 0.3) is 0 Å². The number of ether oxygens (including phenoxy) is 1. The van der Waals surface area contributed by atoms with Gasteiger partial charge in [0.05, 0.1) is 19.8 Å². The van der Waals surface area contributed by atoms with Gasteiger partial charge in [-0.3, -0.25) is 0 Å². The fraction of sp³-hybridized carbons (Fsp3) is 0.455. The Hall–Kier alpha value is -1.10. The molecule has 1 aromatic rings. The summed E-state index contributed by atoms with van der Waals surface area (Å²) in [7, 11) is 1.63. The fourth-order valence-corrected chi connectivity index (χ4v) is 1.19. The van der Waals surface area contributed by atoms with Crippen molar-refractivity contribution >= 4 is 0 Å². The Morgan fingerprint density at radius 1 is 1.33 bits per heavy atom. The summed E-state index contributed by atoms with van der Waals surface area (Å²) in [5, 5.41) is 20.7. The normalized spacial score (nSPS) is 12.5. The summed E-state index contributed by atoms with van der Waals surface area (Å²) >= 11 is 0. The highest BCUT2D eigenvalue weighted by molar-refractivity contribution is 5.26. The second kappa shape index (κ2) is 6.40. The molecule has 3 N–H and O–H groups in total. The Bertz CT molecular complexity index is 274. The second-order valence-electron chi connectivity index (χ2n) is 3.32. The fourth-order valence-electron chi connectivity index (χ4n) is 1.19. The molecule has 0 aliphatic carbocycles. The molecule has 0 aliphatic rings. The molecule has 84 valence electrons. The molecule has 0 saturated carbocycles. The van der Waals surface area contributed by atoms with Gasteiger partial charge >= 0.3 is 0 Å². The average molecular weight is 211 g/mol. The maximum atomic E-state index is 9.09. The molecular weight excluding hydrogens is 194 g/mol. The standard InChI is InChI=1S/C11H17NO3/c1-15-11-4-2-9(3-5-11)6-12-7-10(14)8-13/h2-5,10,12-14H,6-8H2,1H3/t10-/m0/s1. The number of aliphatic hydroxyl groups excluding tert-OH is 2. The van der Waals surface area contributed by atoms with Crippen molar-refractivity contribution < 1.29 is 14.9 Å². The quantitative estimate of drug-likeness (QED) is 0.626. The molecule has 1 aromatic carbocycles. The van der Waals surface area contributed by atoms with Crippen molar-refractivity contribution in [3.8, 4) is 5.75 Å². The van der Waals surface area contributed by atoms with Crippen LogP contribution in [-0.2, 0) is 6.54 Å². The summed E-state index contributed by atoms with van der Waals surface area (Å²) in [5.74, 6) is 0.828. The molecule has 0 saturated heterocycles. The first-order valence-corrected chi connectivity index (χ1v) is 4.89. The highest BCUT2D eigenvalue weighted by Gasteiger charge is 2.00. The lowest BCUT2D eigenvalue weighted by Gasteiger charge is -2.09. The van der Waals surface area contributed by atoms with Crippen LogP contribution in [0, 0.1) is 0 Å². The first-order valence-electron chi connectivity index (χ1n) is 4.89. The maximum Gasteiger partial charge on any atom is 0.118 e. The Morgan fingerprint density at radius 2 is 2.00 bits per heavy atom. The summed E-state index contributed by atoms with van der Waals surface area (Å²) in [6.07, 6.45) is -0.691. The molecule has 1 rings (SSSR count). The summed E-state index contributed by atoms with van der Waals surface area (Å²) in [5.41, 5.74) is 1.11. The van der Waals surface area contributed by atoms with E-state index in [0.717, 1.165) is 11.3 Å². The van der Waals surface area contributed by atoms with Crippen LogP contribution in [0.2, 0.25) is 0 Å². The third kappa shape index (κ3) is 4.29. The lowest BCUT2D eigenvalue weighted by molar-refractivity contribution is 0.0942. The van der Waals surface area contributed by atoms with Crippen LogP contribution < -0.4 is 10.1 Å². The molecule has 0 spiro atoms. The predicted molar refractivity (Wildman–Crippen MR) is 57.8 cm³/mol. The number of aliphatic hydroxyl groups is 2. The van der Waals surface area contributed by atoms with E-state index in [0.29, 0.717) is 13.1 Å². The summed E-state index contributed by atoms with van der Waals surface area (Å²) in [6, 6.07) is 7.69. The Balaban J connectivity index is 2.31. The van der Waals surface area contributed by atoms with Crippen molar-refractivity contribution in [1.82, 2.24) is 5.32 Å². The van der Waals surface area contributed by atoms with Crippen molar-refractivity contribution in [2.24, 2.45) is 0 Å². The minimum Gasteiger partial charge on any atom is -0.497 e. The van der Waals surface area contributed by atoms with Crippen LogP contribution in [0.25, 0.3) is 0 Å². The number of benzene rings is 1. The van der Waals surface area contributed by atoms with Gasteiger partial charge in [0.15, 0.2) is 0 Å². The van der Waals surface area contributed by atoms with Gasteiger partial charge in [-0.05, 0) is 17.7 Å². The van der Waals surface area contributed by atoms with E-state index >= 15 is 0 Å². The molecule has 4 heteroatoms. The third-order valence-corrected chi connectivity index (χ3v) is 2.08. The van der Waals surface area contributed by atoms with E-state index in [1.54, 1.807) is 7.11 Å². The number of nitrogens with one attached hydrogen (secondary N) is 1. The zero-order valence-electron chi connectivity index (χ0n) is 8.81. The van der Waals surface area contributed by atoms with Crippen LogP contribution in [0.15, 0.2) is 24.3 Å². The molecule has 0 amide bonds. The Kier molecular flexibility index (Phi) is 5.10. The number of methoxy groups -OCH3 is 1. The van der Waals surface area contributed by atoms with Gasteiger partial charge in [0.1, 0.15) is 5.75 Å². The lowest BCUT2D eigenvalue weighted by Crippen LogP contribution is -2.28. The SMILES string of the molecule is COc1ccc(CNC[C@H](O)CO)cc1. The van der Waals surface area contributed by atoms with Crippen LogP contribution in [0.1, 0.15) is 5.56 Å². The molecule has 0 fully saturated rings. The van der Waals surface area contributed by atoms with E-state index in [9.17, 15) is 0 Å². The van der Waals surface area contributed by atoms with E-state index in [1.807, 2.05) is 24.3 Å². The van der Waals surface area contributed by atoms with Crippen LogP contribution >= 0.6 is 0 Å². The number of hydrogen-bond donors (Lipinski definition) is 3. The molecule has 1 atom stereocenters. The van der Waals surface area contributed by atoms with Crippen LogP contribution in [0.3, 0.4) is 0 Å². The third-order valence-electron chi connectivity index (χ3n) is 2.08. The van der Waals surface area contributed by atoms with E-state index in [-0.39, 0.29) is 6.61 Å². The first-order chi connectivity index (χ1) is 7.26. The van der Waals surface area contributed by atoms with Crippen molar-refractivity contribution in [2.45, 2.75) is 12.6 Å². The van der Waals surface area contributed by atoms with Crippen molar-refractivity contribution in [1.29, 1.82) is 0 Å². The zero-order chi connectivity index (χ0) is 11.1. The van der Waals surface area contributed by atoms with Crippen molar-refractivity contribution in [2.75, 3.05) is 20.3 Å². The summed E-state index contributed by atoms with van der Waals surface area (Å²) in [6.45, 7) is 0.846. The molecule has 4 nitrogen and oxygen atoms in total. The first kappa shape index (κ1) is 12.0. The minimum atomic E-state index is -0.691. The van der Waals surface area contributed by atoms with Gasteiger partial charge in [-0.1, -0.05) is 12.1 Å². The van der Waals surface area contributed by atoms with Crippen LogP contribution in [0.5, 0.6) is 5.75 Å². The maximum absolute atomic E-state index is 9.09. The van der Waals surface area contributed by atoms with Gasteiger partial charge in [-0.25, -0.2) is 0 Å².